The Balaban J connectivity index is 2.12. The van der Waals surface area contributed by atoms with E-state index < -0.39 is 0 Å². The van der Waals surface area contributed by atoms with E-state index in [-0.39, 0.29) is 12.0 Å². The maximum Gasteiger partial charge on any atom is 0.307 e. The molecule has 0 aliphatic carbocycles. The molecule has 18 heavy (non-hydrogen) atoms. The van der Waals surface area contributed by atoms with Gasteiger partial charge in [-0.2, -0.15) is 0 Å². The van der Waals surface area contributed by atoms with Gasteiger partial charge in [0.15, 0.2) is 0 Å². The quantitative estimate of drug-likeness (QED) is 0.531. The Kier molecular flexibility index (Phi) is 8.01. The number of nitrogens with zero attached hydrogens (tertiary/aromatic N) is 1. The standard InChI is InChI=1S/C14H28N2O2/c1-3-4-5-6-7-9-16-10-8-15-13(12-16)11-14(17)18-2/h13,15H,3-12H2,1-2H3/t13-/m1/s1. The summed E-state index contributed by atoms with van der Waals surface area (Å²) in [5.41, 5.74) is 0. The molecule has 106 valence electrons. The van der Waals surface area contributed by atoms with Crippen molar-refractivity contribution < 1.29 is 9.53 Å². The molecule has 1 fully saturated rings. The molecule has 0 amide bonds. The molecule has 0 aromatic carbocycles. The molecule has 0 unspecified atom stereocenters. The highest BCUT2D eigenvalue weighted by atomic mass is 16.5. The minimum atomic E-state index is -0.114. The van der Waals surface area contributed by atoms with E-state index in [1.54, 1.807) is 0 Å². The number of carbonyl (C=O) groups excluding carboxylic acids is 1. The van der Waals surface area contributed by atoms with Crippen LogP contribution in [-0.2, 0) is 9.53 Å². The molecule has 1 heterocycles. The van der Waals surface area contributed by atoms with Gasteiger partial charge in [0.25, 0.3) is 0 Å². The van der Waals surface area contributed by atoms with Crippen LogP contribution in [0.25, 0.3) is 0 Å². The number of unbranched alkanes of at least 4 members (excludes halogenated alkanes) is 4. The second-order valence-corrected chi connectivity index (χ2v) is 5.15. The van der Waals surface area contributed by atoms with Crippen LogP contribution in [0.3, 0.4) is 0 Å². The lowest BCUT2D eigenvalue weighted by molar-refractivity contribution is -0.141. The fraction of sp³-hybridized carbons (Fsp3) is 0.929. The number of rotatable bonds is 8. The van der Waals surface area contributed by atoms with Crippen LogP contribution in [0.2, 0.25) is 0 Å². The molecule has 0 aromatic heterocycles. The largest absolute Gasteiger partial charge is 0.469 e. The predicted octanol–water partition coefficient (Wildman–Crippen LogP) is 1.79. The summed E-state index contributed by atoms with van der Waals surface area (Å²) in [6.07, 6.45) is 7.11. The number of carbonyl (C=O) groups is 1. The summed E-state index contributed by atoms with van der Waals surface area (Å²) in [6, 6.07) is 0.266. The first-order chi connectivity index (χ1) is 8.76. The summed E-state index contributed by atoms with van der Waals surface area (Å²) in [5, 5.41) is 3.38. The number of esters is 1. The Bertz CT molecular complexity index is 234. The molecule has 1 rings (SSSR count). The maximum absolute atomic E-state index is 11.2. The Labute approximate surface area is 111 Å². The van der Waals surface area contributed by atoms with E-state index in [0.29, 0.717) is 6.42 Å². The minimum Gasteiger partial charge on any atom is -0.469 e. The third kappa shape index (κ3) is 6.36. The van der Waals surface area contributed by atoms with Gasteiger partial charge in [-0.15, -0.1) is 0 Å². The lowest BCUT2D eigenvalue weighted by atomic mass is 10.1. The van der Waals surface area contributed by atoms with Gasteiger partial charge in [0.2, 0.25) is 0 Å². The first-order valence-electron chi connectivity index (χ1n) is 7.28. The average Bonchev–Trinajstić information content (AvgIpc) is 2.39. The van der Waals surface area contributed by atoms with Crippen LogP contribution in [0, 0.1) is 0 Å². The molecule has 4 nitrogen and oxygen atoms in total. The SMILES string of the molecule is CCCCCCCN1CCN[C@H](CC(=O)OC)C1. The third-order valence-electron chi connectivity index (χ3n) is 3.56. The van der Waals surface area contributed by atoms with Crippen LogP contribution in [0.1, 0.15) is 45.4 Å². The van der Waals surface area contributed by atoms with Crippen molar-refractivity contribution in [1.29, 1.82) is 0 Å². The third-order valence-corrected chi connectivity index (χ3v) is 3.56. The fourth-order valence-corrected chi connectivity index (χ4v) is 2.46. The normalized spacial score (nSPS) is 20.9. The predicted molar refractivity (Wildman–Crippen MR) is 73.6 cm³/mol. The van der Waals surface area contributed by atoms with Crippen molar-refractivity contribution in [3.8, 4) is 0 Å². The van der Waals surface area contributed by atoms with Gasteiger partial charge in [0, 0.05) is 25.7 Å². The van der Waals surface area contributed by atoms with Gasteiger partial charge in [-0.05, 0) is 13.0 Å². The first kappa shape index (κ1) is 15.4. The van der Waals surface area contributed by atoms with Gasteiger partial charge in [-0.3, -0.25) is 4.79 Å². The van der Waals surface area contributed by atoms with Crippen LogP contribution in [0.5, 0.6) is 0 Å². The summed E-state index contributed by atoms with van der Waals surface area (Å²) in [5.74, 6) is -0.114. The topological polar surface area (TPSA) is 41.6 Å². The van der Waals surface area contributed by atoms with E-state index >= 15 is 0 Å². The van der Waals surface area contributed by atoms with Crippen molar-refractivity contribution in [2.75, 3.05) is 33.3 Å². The van der Waals surface area contributed by atoms with Gasteiger partial charge in [-0.1, -0.05) is 32.6 Å². The van der Waals surface area contributed by atoms with Crippen molar-refractivity contribution in [3.05, 3.63) is 0 Å². The molecule has 4 heteroatoms. The van der Waals surface area contributed by atoms with Crippen molar-refractivity contribution in [1.82, 2.24) is 10.2 Å². The first-order valence-corrected chi connectivity index (χ1v) is 7.28. The molecule has 1 aliphatic rings. The Morgan fingerprint density at radius 1 is 1.33 bits per heavy atom. The lowest BCUT2D eigenvalue weighted by Gasteiger charge is -2.33. The van der Waals surface area contributed by atoms with Crippen molar-refractivity contribution in [3.63, 3.8) is 0 Å². The number of methoxy groups -OCH3 is 1. The highest BCUT2D eigenvalue weighted by molar-refractivity contribution is 5.69. The second-order valence-electron chi connectivity index (χ2n) is 5.15. The Hall–Kier alpha value is -0.610. The van der Waals surface area contributed by atoms with Crippen LogP contribution in [-0.4, -0.2) is 50.2 Å². The van der Waals surface area contributed by atoms with Crippen molar-refractivity contribution in [2.24, 2.45) is 0 Å². The summed E-state index contributed by atoms with van der Waals surface area (Å²) >= 11 is 0. The fourth-order valence-electron chi connectivity index (χ4n) is 2.46. The number of nitrogens with one attached hydrogen (secondary N) is 1. The van der Waals surface area contributed by atoms with Crippen molar-refractivity contribution >= 4 is 5.97 Å². The molecule has 1 atom stereocenters. The summed E-state index contributed by atoms with van der Waals surface area (Å²) in [7, 11) is 1.46. The number of hydrogen-bond acceptors (Lipinski definition) is 4. The van der Waals surface area contributed by atoms with Gasteiger partial charge < -0.3 is 15.0 Å². The molecule has 0 aromatic rings. The average molecular weight is 256 g/mol. The van der Waals surface area contributed by atoms with Gasteiger partial charge >= 0.3 is 5.97 Å². The van der Waals surface area contributed by atoms with E-state index in [9.17, 15) is 4.79 Å². The van der Waals surface area contributed by atoms with Crippen LogP contribution in [0.15, 0.2) is 0 Å². The molecule has 1 N–H and O–H groups in total. The highest BCUT2D eigenvalue weighted by Crippen LogP contribution is 2.07. The molecular weight excluding hydrogens is 228 g/mol. The smallest absolute Gasteiger partial charge is 0.307 e. The number of hydrogen-bond donors (Lipinski definition) is 1. The molecule has 0 saturated carbocycles. The van der Waals surface area contributed by atoms with E-state index in [4.69, 9.17) is 4.74 Å². The van der Waals surface area contributed by atoms with E-state index in [1.807, 2.05) is 0 Å². The van der Waals surface area contributed by atoms with Crippen LogP contribution < -0.4 is 5.32 Å². The van der Waals surface area contributed by atoms with Gasteiger partial charge in [-0.25, -0.2) is 0 Å². The molecule has 1 aliphatic heterocycles. The molecular formula is C14H28N2O2. The van der Waals surface area contributed by atoms with E-state index in [0.717, 1.165) is 19.6 Å². The van der Waals surface area contributed by atoms with Crippen molar-refractivity contribution in [2.45, 2.75) is 51.5 Å². The zero-order chi connectivity index (χ0) is 13.2. The number of piperazine rings is 1. The Morgan fingerprint density at radius 2 is 2.11 bits per heavy atom. The van der Waals surface area contributed by atoms with E-state index in [1.165, 1.54) is 45.8 Å². The highest BCUT2D eigenvalue weighted by Gasteiger charge is 2.21. The zero-order valence-electron chi connectivity index (χ0n) is 11.9. The number of ether oxygens (including phenoxy) is 1. The molecule has 0 radical (unpaired) electrons. The summed E-state index contributed by atoms with van der Waals surface area (Å²) < 4.78 is 4.72. The summed E-state index contributed by atoms with van der Waals surface area (Å²) in [6.45, 7) is 6.47. The van der Waals surface area contributed by atoms with Gasteiger partial charge in [0.1, 0.15) is 0 Å². The second kappa shape index (κ2) is 9.34. The molecule has 0 bridgehead atoms. The van der Waals surface area contributed by atoms with Gasteiger partial charge in [0.05, 0.1) is 13.5 Å². The molecule has 0 spiro atoms. The Morgan fingerprint density at radius 3 is 2.83 bits per heavy atom. The maximum atomic E-state index is 11.2. The lowest BCUT2D eigenvalue weighted by Crippen LogP contribution is -2.51. The monoisotopic (exact) mass is 256 g/mol. The molecule has 1 saturated heterocycles. The minimum absolute atomic E-state index is 0.114. The van der Waals surface area contributed by atoms with E-state index in [2.05, 4.69) is 17.1 Å². The zero-order valence-corrected chi connectivity index (χ0v) is 11.9. The van der Waals surface area contributed by atoms with Crippen LogP contribution >= 0.6 is 0 Å². The van der Waals surface area contributed by atoms with Crippen LogP contribution in [0.4, 0.5) is 0 Å². The summed E-state index contributed by atoms with van der Waals surface area (Å²) in [4.78, 5) is 13.7.